The molecule has 1 atom stereocenters. The molecule has 1 unspecified atom stereocenters. The fourth-order valence-corrected chi connectivity index (χ4v) is 3.61. The minimum Gasteiger partial charge on any atom is -0.349 e. The molecule has 1 heterocycles. The van der Waals surface area contributed by atoms with Crippen molar-refractivity contribution < 1.29 is 9.59 Å². The predicted octanol–water partition coefficient (Wildman–Crippen LogP) is 3.32. The van der Waals surface area contributed by atoms with Gasteiger partial charge in [-0.05, 0) is 55.8 Å². The number of carbonyl (C=O) groups is 2. The number of nitrogens with zero attached hydrogens (tertiary/aromatic N) is 1. The number of halogens is 2. The van der Waals surface area contributed by atoms with E-state index in [1.54, 1.807) is 12.1 Å². The Morgan fingerprint density at radius 3 is 2.33 bits per heavy atom. The molecule has 5 nitrogen and oxygen atoms in total. The van der Waals surface area contributed by atoms with Crippen molar-refractivity contribution in [1.82, 2.24) is 15.5 Å². The predicted molar refractivity (Wildman–Crippen MR) is 110 cm³/mol. The van der Waals surface area contributed by atoms with Crippen molar-refractivity contribution in [2.75, 3.05) is 19.6 Å². The van der Waals surface area contributed by atoms with Crippen LogP contribution in [-0.2, 0) is 9.59 Å². The Bertz CT molecular complexity index is 627. The molecule has 3 rings (SSSR count). The second-order valence-electron chi connectivity index (χ2n) is 7.52. The number of hydrogen-bond acceptors (Lipinski definition) is 3. The van der Waals surface area contributed by atoms with E-state index in [1.807, 2.05) is 17.0 Å². The quantitative estimate of drug-likeness (QED) is 0.720. The summed E-state index contributed by atoms with van der Waals surface area (Å²) in [5.74, 6) is 0.840. The van der Waals surface area contributed by atoms with Gasteiger partial charge in [0.2, 0.25) is 11.8 Å². The summed E-state index contributed by atoms with van der Waals surface area (Å²) in [6.45, 7) is 4.17. The summed E-state index contributed by atoms with van der Waals surface area (Å²) < 4.78 is 0. The zero-order chi connectivity index (χ0) is 18.5. The zero-order valence-electron chi connectivity index (χ0n) is 15.7. The number of benzene rings is 1. The molecule has 2 amide bonds. The third-order valence-corrected chi connectivity index (χ3v) is 5.52. The molecule has 0 bridgehead atoms. The number of nitrogens with one attached hydrogen (secondary N) is 2. The zero-order valence-corrected chi connectivity index (χ0v) is 17.3. The van der Waals surface area contributed by atoms with Gasteiger partial charge in [-0.1, -0.05) is 23.7 Å². The highest BCUT2D eigenvalue weighted by molar-refractivity contribution is 6.30. The van der Waals surface area contributed by atoms with E-state index in [4.69, 9.17) is 11.6 Å². The van der Waals surface area contributed by atoms with Gasteiger partial charge in [-0.3, -0.25) is 9.59 Å². The molecule has 2 aliphatic rings. The van der Waals surface area contributed by atoms with Crippen molar-refractivity contribution >= 4 is 35.8 Å². The summed E-state index contributed by atoms with van der Waals surface area (Å²) in [7, 11) is 0. The van der Waals surface area contributed by atoms with E-state index in [2.05, 4.69) is 10.6 Å². The molecule has 0 radical (unpaired) electrons. The second kappa shape index (κ2) is 10.3. The van der Waals surface area contributed by atoms with Crippen LogP contribution < -0.4 is 10.6 Å². The second-order valence-corrected chi connectivity index (χ2v) is 7.95. The maximum Gasteiger partial charge on any atom is 0.224 e. The Balaban J connectivity index is 0.00000261. The van der Waals surface area contributed by atoms with Gasteiger partial charge in [0.15, 0.2) is 0 Å². The van der Waals surface area contributed by atoms with E-state index in [1.165, 1.54) is 19.8 Å². The van der Waals surface area contributed by atoms with Crippen LogP contribution in [0.25, 0.3) is 0 Å². The Hall–Kier alpha value is -1.30. The minimum absolute atomic E-state index is 0. The molecule has 1 saturated heterocycles. The number of hydrogen-bond donors (Lipinski definition) is 2. The Kier molecular flexibility index (Phi) is 8.39. The third kappa shape index (κ3) is 6.98. The molecule has 1 aliphatic heterocycles. The molecular weight excluding hydrogens is 385 g/mol. The monoisotopic (exact) mass is 413 g/mol. The number of carbonyl (C=O) groups excluding carboxylic acids is 2. The van der Waals surface area contributed by atoms with Crippen LogP contribution in [0.4, 0.5) is 0 Å². The molecular formula is C20H29Cl2N3O2. The van der Waals surface area contributed by atoms with Gasteiger partial charge in [0, 0.05) is 31.1 Å². The maximum atomic E-state index is 12.7. The molecule has 27 heavy (non-hydrogen) atoms. The van der Waals surface area contributed by atoms with Gasteiger partial charge in [-0.25, -0.2) is 0 Å². The normalized spacial score (nSPS) is 18.5. The highest BCUT2D eigenvalue weighted by atomic mass is 35.5. The van der Waals surface area contributed by atoms with Gasteiger partial charge in [0.25, 0.3) is 0 Å². The van der Waals surface area contributed by atoms with Crippen molar-refractivity contribution in [3.8, 4) is 0 Å². The average Bonchev–Trinajstić information content (AvgIpc) is 3.44. The number of piperidine rings is 1. The van der Waals surface area contributed by atoms with Gasteiger partial charge in [-0.2, -0.15) is 0 Å². The molecule has 7 heteroatoms. The molecule has 150 valence electrons. The first kappa shape index (κ1) is 22.0. The Labute approximate surface area is 172 Å². The van der Waals surface area contributed by atoms with E-state index in [9.17, 15) is 9.59 Å². The topological polar surface area (TPSA) is 61.4 Å². The van der Waals surface area contributed by atoms with Crippen molar-refractivity contribution in [1.29, 1.82) is 0 Å². The largest absolute Gasteiger partial charge is 0.349 e. The van der Waals surface area contributed by atoms with Crippen LogP contribution in [-0.4, -0.2) is 42.4 Å². The Morgan fingerprint density at radius 1 is 1.15 bits per heavy atom. The lowest BCUT2D eigenvalue weighted by atomic mass is 10.0. The van der Waals surface area contributed by atoms with Crippen LogP contribution in [0.1, 0.15) is 50.6 Å². The Morgan fingerprint density at radius 2 is 1.78 bits per heavy atom. The molecule has 2 N–H and O–H groups in total. The molecule has 1 aliphatic carbocycles. The molecule has 0 spiro atoms. The lowest BCUT2D eigenvalue weighted by molar-refractivity contribution is -0.133. The molecule has 1 aromatic rings. The van der Waals surface area contributed by atoms with Gasteiger partial charge in [0.05, 0.1) is 12.5 Å². The van der Waals surface area contributed by atoms with Crippen LogP contribution in [0.5, 0.6) is 0 Å². The fraction of sp³-hybridized carbons (Fsp3) is 0.600. The van der Waals surface area contributed by atoms with E-state index in [-0.39, 0.29) is 36.7 Å². The molecule has 1 saturated carbocycles. The molecule has 2 fully saturated rings. The SMILES string of the molecule is CC(=O)NC(CC(=O)N1CCC(NCC2CC2)CC1)c1ccc(Cl)cc1.Cl. The van der Waals surface area contributed by atoms with Crippen LogP contribution in [0.3, 0.4) is 0 Å². The number of rotatable bonds is 7. The summed E-state index contributed by atoms with van der Waals surface area (Å²) in [4.78, 5) is 26.2. The van der Waals surface area contributed by atoms with Gasteiger partial charge in [0.1, 0.15) is 0 Å². The van der Waals surface area contributed by atoms with Crippen LogP contribution in [0.2, 0.25) is 5.02 Å². The first-order valence-electron chi connectivity index (χ1n) is 9.55. The first-order valence-corrected chi connectivity index (χ1v) is 9.93. The summed E-state index contributed by atoms with van der Waals surface area (Å²) in [5.41, 5.74) is 0.902. The highest BCUT2D eigenvalue weighted by Gasteiger charge is 2.27. The minimum atomic E-state index is -0.317. The summed E-state index contributed by atoms with van der Waals surface area (Å²) in [6.07, 6.45) is 5.01. The standard InChI is InChI=1S/C20H28ClN3O2.ClH/c1-14(25)23-19(16-4-6-17(21)7-5-16)12-20(26)24-10-8-18(9-11-24)22-13-15-2-3-15;/h4-7,15,18-19,22H,2-3,8-13H2,1H3,(H,23,25);1H. The van der Waals surface area contributed by atoms with Gasteiger partial charge < -0.3 is 15.5 Å². The van der Waals surface area contributed by atoms with Gasteiger partial charge >= 0.3 is 0 Å². The van der Waals surface area contributed by atoms with E-state index < -0.39 is 0 Å². The van der Waals surface area contributed by atoms with Crippen molar-refractivity contribution in [2.45, 2.75) is 51.1 Å². The smallest absolute Gasteiger partial charge is 0.224 e. The average molecular weight is 414 g/mol. The number of likely N-dealkylation sites (tertiary alicyclic amines) is 1. The summed E-state index contributed by atoms with van der Waals surface area (Å²) in [6, 6.07) is 7.51. The fourth-order valence-electron chi connectivity index (χ4n) is 3.48. The van der Waals surface area contributed by atoms with E-state index >= 15 is 0 Å². The summed E-state index contributed by atoms with van der Waals surface area (Å²) >= 11 is 5.94. The lowest BCUT2D eigenvalue weighted by Gasteiger charge is -2.33. The number of amides is 2. The van der Waals surface area contributed by atoms with Crippen LogP contribution in [0.15, 0.2) is 24.3 Å². The highest BCUT2D eigenvalue weighted by Crippen LogP contribution is 2.28. The van der Waals surface area contributed by atoms with Crippen LogP contribution in [0, 0.1) is 5.92 Å². The van der Waals surface area contributed by atoms with E-state index in [0.717, 1.165) is 44.0 Å². The van der Waals surface area contributed by atoms with E-state index in [0.29, 0.717) is 11.1 Å². The lowest BCUT2D eigenvalue weighted by Crippen LogP contribution is -2.46. The maximum absolute atomic E-state index is 12.7. The van der Waals surface area contributed by atoms with Crippen molar-refractivity contribution in [3.05, 3.63) is 34.9 Å². The van der Waals surface area contributed by atoms with Gasteiger partial charge in [-0.15, -0.1) is 12.4 Å². The van der Waals surface area contributed by atoms with Crippen molar-refractivity contribution in [3.63, 3.8) is 0 Å². The summed E-state index contributed by atoms with van der Waals surface area (Å²) in [5, 5.41) is 7.17. The molecule has 0 aromatic heterocycles. The van der Waals surface area contributed by atoms with Crippen LogP contribution >= 0.6 is 24.0 Å². The van der Waals surface area contributed by atoms with Crippen molar-refractivity contribution in [2.24, 2.45) is 5.92 Å². The molecule has 1 aromatic carbocycles. The first-order chi connectivity index (χ1) is 12.5. The third-order valence-electron chi connectivity index (χ3n) is 5.27.